The SMILES string of the molecule is CCCCCCCCCCCCCCCCC(Oc1ccc(-c2c3nc(c(-c4ccc(OC(CCCCCCCCCCCCCCCC)C(=O)O)cc4)c4ccc([nH]4)c(-c4ccc(OC(CCCCCCCCCCCCCCCC)C(=O)O)cc4)c4nc(c(-c5ccc(OC(CCCCCCCCCCCCCCCC)C(=O)O)cc5)c5ccc2[nH]5)C=C4)C=C3)cc1)C(=O)O. The van der Waals surface area contributed by atoms with Crippen molar-refractivity contribution in [1.29, 1.82) is 0 Å². The Bertz CT molecular complexity index is 4060. The van der Waals surface area contributed by atoms with Crippen LogP contribution in [-0.2, 0) is 19.2 Å². The first-order valence-corrected chi connectivity index (χ1v) is 52.9. The molecule has 9 rings (SSSR count). The van der Waals surface area contributed by atoms with Gasteiger partial charge in [-0.1, -0.05) is 410 Å². The van der Waals surface area contributed by atoms with Crippen molar-refractivity contribution in [3.8, 4) is 67.5 Å². The van der Waals surface area contributed by atoms with Crippen LogP contribution in [-0.4, -0.2) is 88.7 Å². The molecular formula is C116H166N4O12. The van der Waals surface area contributed by atoms with Crippen LogP contribution in [0.15, 0.2) is 121 Å². The van der Waals surface area contributed by atoms with Crippen molar-refractivity contribution in [3.63, 3.8) is 0 Å². The molecule has 8 bridgehead atoms. The molecule has 2 aliphatic heterocycles. The Hall–Kier alpha value is -9.44. The highest BCUT2D eigenvalue weighted by Gasteiger charge is 2.26. The lowest BCUT2D eigenvalue weighted by molar-refractivity contribution is -0.146. The molecular weight excluding hydrogens is 1640 g/mol. The van der Waals surface area contributed by atoms with Crippen LogP contribution in [0.2, 0.25) is 0 Å². The third-order valence-electron chi connectivity index (χ3n) is 26.8. The number of carboxylic acids is 4. The summed E-state index contributed by atoms with van der Waals surface area (Å²) < 4.78 is 25.4. The number of ether oxygens (including phenoxy) is 4. The smallest absolute Gasteiger partial charge is 0.344 e. The Morgan fingerprint density at radius 1 is 0.220 bits per heavy atom. The second-order valence-electron chi connectivity index (χ2n) is 37.9. The summed E-state index contributed by atoms with van der Waals surface area (Å²) in [5.41, 5.74) is 11.6. The Morgan fingerprint density at radius 3 is 0.508 bits per heavy atom. The fourth-order valence-electron chi connectivity index (χ4n) is 18.9. The number of unbranched alkanes of at least 4 members (excludes halogenated alkanes) is 52. The van der Waals surface area contributed by atoms with Crippen LogP contribution in [0.3, 0.4) is 0 Å². The van der Waals surface area contributed by atoms with E-state index in [0.29, 0.717) is 71.5 Å². The molecule has 132 heavy (non-hydrogen) atoms. The molecule has 0 amide bonds. The van der Waals surface area contributed by atoms with Crippen molar-refractivity contribution >= 4 is 70.2 Å². The van der Waals surface area contributed by atoms with Gasteiger partial charge in [-0.25, -0.2) is 29.1 Å². The van der Waals surface area contributed by atoms with Crippen molar-refractivity contribution in [2.45, 2.75) is 437 Å². The van der Waals surface area contributed by atoms with E-state index < -0.39 is 48.3 Å². The average molecular weight is 1810 g/mol. The highest BCUT2D eigenvalue weighted by molar-refractivity contribution is 6.00. The van der Waals surface area contributed by atoms with E-state index in [2.05, 4.69) is 37.7 Å². The number of aromatic amines is 2. The zero-order chi connectivity index (χ0) is 93.2. The first-order valence-electron chi connectivity index (χ1n) is 52.9. The van der Waals surface area contributed by atoms with Gasteiger partial charge in [0.15, 0.2) is 24.4 Å². The molecule has 16 heteroatoms. The highest BCUT2D eigenvalue weighted by Crippen LogP contribution is 2.41. The summed E-state index contributed by atoms with van der Waals surface area (Å²) in [6, 6.07) is 38.4. The van der Waals surface area contributed by atoms with Crippen LogP contribution >= 0.6 is 0 Å². The summed E-state index contributed by atoms with van der Waals surface area (Å²) >= 11 is 0. The number of nitrogens with zero attached hydrogens (tertiary/aromatic N) is 2. The molecule has 0 aliphatic carbocycles. The molecule has 2 aliphatic rings. The third kappa shape index (κ3) is 38.9. The van der Waals surface area contributed by atoms with Gasteiger partial charge in [-0.2, -0.15) is 0 Å². The predicted octanol–water partition coefficient (Wildman–Crippen LogP) is 34.1. The molecule has 0 saturated heterocycles. The van der Waals surface area contributed by atoms with Gasteiger partial charge in [0.05, 0.1) is 22.8 Å². The first kappa shape index (κ1) is 106. The molecule has 4 aromatic carbocycles. The van der Waals surface area contributed by atoms with E-state index in [1.807, 2.05) is 146 Å². The molecule has 3 aromatic heterocycles. The summed E-state index contributed by atoms with van der Waals surface area (Å²) in [7, 11) is 0. The molecule has 0 fully saturated rings. The second kappa shape index (κ2) is 63.7. The van der Waals surface area contributed by atoms with Crippen molar-refractivity contribution in [3.05, 3.63) is 144 Å². The van der Waals surface area contributed by atoms with Crippen LogP contribution in [0.5, 0.6) is 23.0 Å². The number of carboxylic acid groups (broad SMARTS) is 4. The Morgan fingerprint density at radius 2 is 0.364 bits per heavy atom. The number of benzene rings is 4. The van der Waals surface area contributed by atoms with Crippen LogP contribution < -0.4 is 18.9 Å². The van der Waals surface area contributed by atoms with E-state index in [1.54, 1.807) is 0 Å². The minimum absolute atomic E-state index is 0.395. The fourth-order valence-corrected chi connectivity index (χ4v) is 18.9. The molecule has 5 heterocycles. The number of hydrogen-bond acceptors (Lipinski definition) is 10. The number of carbonyl (C=O) groups is 4. The van der Waals surface area contributed by atoms with Gasteiger partial charge in [-0.3, -0.25) is 0 Å². The third-order valence-corrected chi connectivity index (χ3v) is 26.8. The normalized spacial score (nSPS) is 12.8. The lowest BCUT2D eigenvalue weighted by atomic mass is 10.0. The van der Waals surface area contributed by atoms with Gasteiger partial charge in [0.25, 0.3) is 0 Å². The quantitative estimate of drug-likeness (QED) is 0.0194. The molecule has 0 saturated carbocycles. The average Bonchev–Trinajstić information content (AvgIpc) is 1.59. The lowest BCUT2D eigenvalue weighted by Crippen LogP contribution is -2.26. The van der Waals surface area contributed by atoms with Crippen LogP contribution in [0, 0.1) is 0 Å². The number of aliphatic carboxylic acids is 4. The van der Waals surface area contributed by atoms with Gasteiger partial charge in [0.2, 0.25) is 0 Å². The number of nitrogens with one attached hydrogen (secondary N) is 2. The number of rotatable bonds is 76. The Balaban J connectivity index is 1.04. The van der Waals surface area contributed by atoms with E-state index in [0.717, 1.165) is 169 Å². The van der Waals surface area contributed by atoms with Crippen LogP contribution in [0.25, 0.3) is 90.9 Å². The molecule has 6 N–H and O–H groups in total. The summed E-state index contributed by atoms with van der Waals surface area (Å²) in [5, 5.41) is 42.3. The maximum Gasteiger partial charge on any atom is 0.344 e. The topological polar surface area (TPSA) is 243 Å². The largest absolute Gasteiger partial charge is 0.479 e. The van der Waals surface area contributed by atoms with Crippen molar-refractivity contribution in [2.24, 2.45) is 0 Å². The first-order chi connectivity index (χ1) is 64.7. The van der Waals surface area contributed by atoms with Crippen LogP contribution in [0.4, 0.5) is 0 Å². The van der Waals surface area contributed by atoms with Gasteiger partial charge in [0, 0.05) is 44.3 Å². The standard InChI is InChI=1S/C116H166N4O12/c1-5-9-13-17-21-25-29-33-37-41-45-49-53-57-61-105(113(121)122)129-93-73-65-89(66-74-93)109-97-81-83-99(117-97)110(90-67-75-94(76-68-90)130-106(114(123)124)62-58-54-50-46-42-38-34-30-26-22-18-14-10-6-2)101-85-87-103(119-101)112(92-71-79-96(80-72-92)132-108(116(127)128)64-60-56-52-48-44-40-36-32-28-24-20-16-12-8-4)104-88-86-102(120-104)111(100-84-82-98(109)118-100)91-69-77-95(78-70-91)131-107(115(125)126)63-59-55-51-47-43-39-35-31-27-23-19-15-11-7-3/h65-88,105-108,117,120H,5-64H2,1-4H3,(H,121,122)(H,123,124)(H,125,126)(H,127,128). The zero-order valence-corrected chi connectivity index (χ0v) is 81.5. The molecule has 7 aromatic rings. The van der Waals surface area contributed by atoms with Crippen molar-refractivity contribution < 1.29 is 58.6 Å². The molecule has 4 unspecified atom stereocenters. The molecule has 0 radical (unpaired) electrons. The van der Waals surface area contributed by atoms with Gasteiger partial charge in [0.1, 0.15) is 23.0 Å². The predicted molar refractivity (Wildman–Crippen MR) is 549 cm³/mol. The zero-order valence-electron chi connectivity index (χ0n) is 81.5. The molecule has 0 spiro atoms. The minimum atomic E-state index is -1.02. The molecule has 16 nitrogen and oxygen atoms in total. The van der Waals surface area contributed by atoms with Gasteiger partial charge in [-0.05, 0) is 171 Å². The maximum absolute atomic E-state index is 12.9. The lowest BCUT2D eigenvalue weighted by Gasteiger charge is -2.16. The van der Waals surface area contributed by atoms with E-state index >= 15 is 0 Å². The fraction of sp³-hybridized carbons (Fsp3) is 0.586. The number of H-pyrrole nitrogens is 2. The van der Waals surface area contributed by atoms with Gasteiger partial charge in [-0.15, -0.1) is 0 Å². The summed E-state index contributed by atoms with van der Waals surface area (Å²) in [6.07, 6.45) is 73.3. The van der Waals surface area contributed by atoms with E-state index in [4.69, 9.17) is 28.9 Å². The minimum Gasteiger partial charge on any atom is -0.479 e. The van der Waals surface area contributed by atoms with Crippen molar-refractivity contribution in [2.75, 3.05) is 0 Å². The van der Waals surface area contributed by atoms with Gasteiger partial charge >= 0.3 is 23.9 Å². The Labute approximate surface area is 793 Å². The van der Waals surface area contributed by atoms with E-state index in [1.165, 1.54) is 257 Å². The van der Waals surface area contributed by atoms with E-state index in [-0.39, 0.29) is 0 Å². The monoisotopic (exact) mass is 1810 g/mol. The van der Waals surface area contributed by atoms with E-state index in [9.17, 15) is 39.6 Å². The van der Waals surface area contributed by atoms with Gasteiger partial charge < -0.3 is 49.3 Å². The maximum atomic E-state index is 12.9. The Kier molecular flexibility index (Phi) is 51.3. The summed E-state index contributed by atoms with van der Waals surface area (Å²) in [5.74, 6) is -2.24. The number of fused-ring (bicyclic) bond motifs is 8. The molecule has 4 atom stereocenters. The highest BCUT2D eigenvalue weighted by atomic mass is 16.5. The number of aromatic nitrogens is 4. The summed E-state index contributed by atoms with van der Waals surface area (Å²) in [6.45, 7) is 9.05. The van der Waals surface area contributed by atoms with Crippen LogP contribution in [0.1, 0.15) is 436 Å². The summed E-state index contributed by atoms with van der Waals surface area (Å²) in [4.78, 5) is 70.5. The second-order valence-corrected chi connectivity index (χ2v) is 37.9. The number of hydrogen-bond donors (Lipinski definition) is 6. The van der Waals surface area contributed by atoms with Crippen molar-refractivity contribution in [1.82, 2.24) is 19.9 Å². The molecule has 722 valence electrons.